The summed E-state index contributed by atoms with van der Waals surface area (Å²) in [6.07, 6.45) is 2.47. The summed E-state index contributed by atoms with van der Waals surface area (Å²) in [5.74, 6) is 0.403. The fourth-order valence-electron chi connectivity index (χ4n) is 2.12. The van der Waals surface area contributed by atoms with E-state index < -0.39 is 0 Å². The Hall–Kier alpha value is -1.02. The molecule has 0 radical (unpaired) electrons. The van der Waals surface area contributed by atoms with Crippen LogP contribution in [0.1, 0.15) is 25.3 Å². The van der Waals surface area contributed by atoms with Crippen LogP contribution in [-0.2, 0) is 11.2 Å². The van der Waals surface area contributed by atoms with Crippen molar-refractivity contribution < 1.29 is 4.79 Å². The Morgan fingerprint density at radius 1 is 1.19 bits per heavy atom. The first-order chi connectivity index (χ1) is 7.31. The van der Waals surface area contributed by atoms with Gasteiger partial charge in [-0.15, -0.1) is 12.4 Å². The summed E-state index contributed by atoms with van der Waals surface area (Å²) in [6.45, 7) is 3.94. The van der Waals surface area contributed by atoms with Gasteiger partial charge in [0.05, 0.1) is 0 Å². The van der Waals surface area contributed by atoms with Gasteiger partial charge in [-0.3, -0.25) is 4.79 Å². The minimum absolute atomic E-state index is 0. The predicted molar refractivity (Wildman–Crippen MR) is 69.5 cm³/mol. The summed E-state index contributed by atoms with van der Waals surface area (Å²) in [4.78, 5) is 13.5. The van der Waals surface area contributed by atoms with Crippen LogP contribution < -0.4 is 4.90 Å². The van der Waals surface area contributed by atoms with Crippen molar-refractivity contribution in [2.45, 2.75) is 26.2 Å². The Bertz CT molecular complexity index is 355. The summed E-state index contributed by atoms with van der Waals surface area (Å²) in [5, 5.41) is 0. The molecule has 1 aromatic rings. The van der Waals surface area contributed by atoms with Crippen molar-refractivity contribution in [3.8, 4) is 0 Å². The Balaban J connectivity index is 0.00000128. The van der Waals surface area contributed by atoms with Gasteiger partial charge in [-0.1, -0.05) is 25.1 Å². The third-order valence-corrected chi connectivity index (χ3v) is 3.03. The number of benzene rings is 1. The van der Waals surface area contributed by atoms with Crippen LogP contribution in [-0.4, -0.2) is 18.9 Å². The first kappa shape index (κ1) is 13.0. The number of para-hydroxylation sites is 1. The molecule has 1 fully saturated rings. The number of anilines is 1. The molecule has 2 rings (SSSR count). The predicted octanol–water partition coefficient (Wildman–Crippen LogP) is 2.84. The average molecular weight is 240 g/mol. The molecule has 88 valence electrons. The van der Waals surface area contributed by atoms with Gasteiger partial charge in [0.25, 0.3) is 0 Å². The smallest absolute Gasteiger partial charge is 0.136 e. The number of aryl methyl sites for hydroxylation is 1. The SMILES string of the molecule is CCc1ccccc1N1CCC(=O)CC1.Cl. The second-order valence-corrected chi connectivity index (χ2v) is 4.01. The largest absolute Gasteiger partial charge is 0.370 e. The van der Waals surface area contributed by atoms with Gasteiger partial charge in [0.1, 0.15) is 5.78 Å². The lowest BCUT2D eigenvalue weighted by Gasteiger charge is -2.29. The number of hydrogen-bond acceptors (Lipinski definition) is 2. The third-order valence-electron chi connectivity index (χ3n) is 3.03. The zero-order valence-corrected chi connectivity index (χ0v) is 10.4. The highest BCUT2D eigenvalue weighted by atomic mass is 35.5. The number of ketones is 1. The van der Waals surface area contributed by atoms with E-state index in [0.717, 1.165) is 19.5 Å². The molecule has 0 aliphatic carbocycles. The highest BCUT2D eigenvalue weighted by Gasteiger charge is 2.17. The minimum atomic E-state index is 0. The van der Waals surface area contributed by atoms with Crippen molar-refractivity contribution in [1.82, 2.24) is 0 Å². The van der Waals surface area contributed by atoms with E-state index in [-0.39, 0.29) is 12.4 Å². The van der Waals surface area contributed by atoms with Crippen LogP contribution in [0, 0.1) is 0 Å². The van der Waals surface area contributed by atoms with Crippen LogP contribution in [0.15, 0.2) is 24.3 Å². The van der Waals surface area contributed by atoms with Gasteiger partial charge in [-0.25, -0.2) is 0 Å². The standard InChI is InChI=1S/C13H17NO.ClH/c1-2-11-5-3-4-6-13(11)14-9-7-12(15)8-10-14;/h3-6H,2,7-10H2,1H3;1H. The molecule has 16 heavy (non-hydrogen) atoms. The van der Waals surface area contributed by atoms with E-state index in [2.05, 4.69) is 36.1 Å². The number of carbonyl (C=O) groups excluding carboxylic acids is 1. The van der Waals surface area contributed by atoms with Crippen molar-refractivity contribution in [2.75, 3.05) is 18.0 Å². The number of carbonyl (C=O) groups is 1. The van der Waals surface area contributed by atoms with E-state index >= 15 is 0 Å². The molecule has 0 atom stereocenters. The molecule has 0 saturated carbocycles. The highest BCUT2D eigenvalue weighted by Crippen LogP contribution is 2.23. The Labute approximate surface area is 103 Å². The van der Waals surface area contributed by atoms with Crippen molar-refractivity contribution in [2.24, 2.45) is 0 Å². The van der Waals surface area contributed by atoms with E-state index in [1.807, 2.05) is 0 Å². The van der Waals surface area contributed by atoms with E-state index in [1.165, 1.54) is 11.3 Å². The fraction of sp³-hybridized carbons (Fsp3) is 0.462. The number of nitrogens with zero attached hydrogens (tertiary/aromatic N) is 1. The van der Waals surface area contributed by atoms with Crippen molar-refractivity contribution in [3.05, 3.63) is 29.8 Å². The quantitative estimate of drug-likeness (QED) is 0.791. The summed E-state index contributed by atoms with van der Waals surface area (Å²) in [6, 6.07) is 8.49. The average Bonchev–Trinajstić information content (AvgIpc) is 2.30. The third kappa shape index (κ3) is 2.76. The highest BCUT2D eigenvalue weighted by molar-refractivity contribution is 5.85. The molecule has 0 N–H and O–H groups in total. The second kappa shape index (κ2) is 5.90. The number of halogens is 1. The molecular formula is C13H18ClNO. The lowest BCUT2D eigenvalue weighted by atomic mass is 10.1. The van der Waals surface area contributed by atoms with Gasteiger partial charge in [0.2, 0.25) is 0 Å². The van der Waals surface area contributed by atoms with Crippen LogP contribution in [0.3, 0.4) is 0 Å². The first-order valence-electron chi connectivity index (χ1n) is 5.66. The lowest BCUT2D eigenvalue weighted by molar-refractivity contribution is -0.119. The van der Waals surface area contributed by atoms with Gasteiger partial charge in [0, 0.05) is 31.6 Å². The number of Topliss-reactive ketones (excluding diaryl/α,β-unsaturated/α-hetero) is 1. The van der Waals surface area contributed by atoms with Gasteiger partial charge >= 0.3 is 0 Å². The normalized spacial score (nSPS) is 15.8. The van der Waals surface area contributed by atoms with E-state index in [1.54, 1.807) is 0 Å². The molecule has 0 spiro atoms. The molecule has 1 saturated heterocycles. The molecular weight excluding hydrogens is 222 g/mol. The zero-order chi connectivity index (χ0) is 10.7. The Kier molecular flexibility index (Phi) is 4.81. The van der Waals surface area contributed by atoms with Crippen LogP contribution in [0.25, 0.3) is 0 Å². The summed E-state index contributed by atoms with van der Waals surface area (Å²) >= 11 is 0. The molecule has 2 nitrogen and oxygen atoms in total. The maximum absolute atomic E-state index is 11.2. The fourth-order valence-corrected chi connectivity index (χ4v) is 2.12. The molecule has 0 bridgehead atoms. The molecule has 0 unspecified atom stereocenters. The maximum Gasteiger partial charge on any atom is 0.136 e. The van der Waals surface area contributed by atoms with Crippen molar-refractivity contribution >= 4 is 23.9 Å². The van der Waals surface area contributed by atoms with E-state index in [4.69, 9.17) is 0 Å². The molecule has 1 heterocycles. The van der Waals surface area contributed by atoms with Gasteiger partial charge in [-0.2, -0.15) is 0 Å². The first-order valence-corrected chi connectivity index (χ1v) is 5.66. The van der Waals surface area contributed by atoms with Gasteiger partial charge in [0.15, 0.2) is 0 Å². The molecule has 3 heteroatoms. The molecule has 1 aromatic carbocycles. The van der Waals surface area contributed by atoms with Crippen LogP contribution in [0.2, 0.25) is 0 Å². The second-order valence-electron chi connectivity index (χ2n) is 4.01. The number of hydrogen-bond donors (Lipinski definition) is 0. The Morgan fingerprint density at radius 3 is 2.44 bits per heavy atom. The molecule has 1 aliphatic heterocycles. The molecule has 1 aliphatic rings. The van der Waals surface area contributed by atoms with Gasteiger partial charge in [-0.05, 0) is 18.1 Å². The lowest BCUT2D eigenvalue weighted by Crippen LogP contribution is -2.34. The summed E-state index contributed by atoms with van der Waals surface area (Å²) < 4.78 is 0. The van der Waals surface area contributed by atoms with Gasteiger partial charge < -0.3 is 4.90 Å². The van der Waals surface area contributed by atoms with Crippen LogP contribution in [0.4, 0.5) is 5.69 Å². The summed E-state index contributed by atoms with van der Waals surface area (Å²) in [7, 11) is 0. The van der Waals surface area contributed by atoms with Crippen molar-refractivity contribution in [3.63, 3.8) is 0 Å². The summed E-state index contributed by atoms with van der Waals surface area (Å²) in [5.41, 5.74) is 2.69. The maximum atomic E-state index is 11.2. The Morgan fingerprint density at radius 2 is 1.81 bits per heavy atom. The zero-order valence-electron chi connectivity index (χ0n) is 9.61. The van der Waals surface area contributed by atoms with E-state index in [9.17, 15) is 4.79 Å². The monoisotopic (exact) mass is 239 g/mol. The van der Waals surface area contributed by atoms with E-state index in [0.29, 0.717) is 18.6 Å². The number of rotatable bonds is 2. The van der Waals surface area contributed by atoms with Crippen LogP contribution in [0.5, 0.6) is 0 Å². The van der Waals surface area contributed by atoms with Crippen LogP contribution >= 0.6 is 12.4 Å². The minimum Gasteiger partial charge on any atom is -0.370 e. The molecule has 0 amide bonds. The molecule has 0 aromatic heterocycles. The topological polar surface area (TPSA) is 20.3 Å². The number of piperidine rings is 1. The van der Waals surface area contributed by atoms with Crippen molar-refractivity contribution in [1.29, 1.82) is 0 Å².